The molecule has 0 unspecified atom stereocenters. The van der Waals surface area contributed by atoms with Crippen LogP contribution < -0.4 is 4.74 Å². The highest BCUT2D eigenvalue weighted by Crippen LogP contribution is 2.21. The molecule has 0 N–H and O–H groups in total. The molecule has 0 fully saturated rings. The molecule has 0 amide bonds. The molecule has 0 bridgehead atoms. The van der Waals surface area contributed by atoms with Crippen LogP contribution in [0.1, 0.15) is 82.5 Å². The topological polar surface area (TPSA) is 27.1 Å². The van der Waals surface area contributed by atoms with E-state index in [4.69, 9.17) is 9.72 Å². The molecule has 3 aromatic rings. The first kappa shape index (κ1) is 22.4. The standard InChI is InChI=1S/C27H38N2O/c1-3-4-5-6-7-8-9-10-11-14-21-29-26-16-13-12-15-25(26)28-27(29)22-23-17-19-24(30-2)20-18-23/h12-13,15-20H,3-11,14,21-22H2,1-2H3. The van der Waals surface area contributed by atoms with Gasteiger partial charge >= 0.3 is 0 Å². The molecule has 3 nitrogen and oxygen atoms in total. The first-order chi connectivity index (χ1) is 14.8. The number of imidazole rings is 1. The molecule has 0 radical (unpaired) electrons. The van der Waals surface area contributed by atoms with Crippen LogP contribution in [0.25, 0.3) is 11.0 Å². The zero-order chi connectivity index (χ0) is 21.0. The van der Waals surface area contributed by atoms with Gasteiger partial charge in [-0.3, -0.25) is 0 Å². The van der Waals surface area contributed by atoms with Crippen LogP contribution in [0.5, 0.6) is 5.75 Å². The zero-order valence-corrected chi connectivity index (χ0v) is 18.9. The van der Waals surface area contributed by atoms with E-state index < -0.39 is 0 Å². The molecular formula is C27H38N2O. The summed E-state index contributed by atoms with van der Waals surface area (Å²) in [6, 6.07) is 16.9. The minimum Gasteiger partial charge on any atom is -0.497 e. The minimum absolute atomic E-state index is 0.858. The summed E-state index contributed by atoms with van der Waals surface area (Å²) in [4.78, 5) is 4.95. The van der Waals surface area contributed by atoms with Crippen molar-refractivity contribution in [3.05, 3.63) is 59.9 Å². The molecule has 0 aliphatic rings. The molecule has 1 aromatic heterocycles. The van der Waals surface area contributed by atoms with E-state index in [1.807, 2.05) is 12.1 Å². The number of ether oxygens (including phenoxy) is 1. The Hall–Kier alpha value is -2.29. The van der Waals surface area contributed by atoms with Gasteiger partial charge in [0, 0.05) is 13.0 Å². The molecule has 30 heavy (non-hydrogen) atoms. The van der Waals surface area contributed by atoms with E-state index in [0.717, 1.165) is 30.1 Å². The SMILES string of the molecule is CCCCCCCCCCCCn1c(Cc2ccc(OC)cc2)nc2ccccc21. The normalized spacial score (nSPS) is 11.3. The number of aromatic nitrogens is 2. The summed E-state index contributed by atoms with van der Waals surface area (Å²) in [5, 5.41) is 0. The maximum absolute atomic E-state index is 5.29. The molecule has 0 atom stereocenters. The van der Waals surface area contributed by atoms with Crippen LogP contribution in [-0.2, 0) is 13.0 Å². The largest absolute Gasteiger partial charge is 0.497 e. The Morgan fingerprint density at radius 1 is 0.767 bits per heavy atom. The van der Waals surface area contributed by atoms with E-state index in [1.54, 1.807) is 7.11 Å². The Morgan fingerprint density at radius 3 is 2.07 bits per heavy atom. The fourth-order valence-corrected chi connectivity index (χ4v) is 4.19. The van der Waals surface area contributed by atoms with Gasteiger partial charge < -0.3 is 9.30 Å². The van der Waals surface area contributed by atoms with Crippen LogP contribution in [0.2, 0.25) is 0 Å². The number of para-hydroxylation sites is 2. The summed E-state index contributed by atoms with van der Waals surface area (Å²) in [5.74, 6) is 2.06. The Labute approximate surface area is 182 Å². The van der Waals surface area contributed by atoms with Crippen molar-refractivity contribution in [1.82, 2.24) is 9.55 Å². The number of benzene rings is 2. The number of nitrogens with zero attached hydrogens (tertiary/aromatic N) is 2. The number of methoxy groups -OCH3 is 1. The first-order valence-electron chi connectivity index (χ1n) is 11.9. The van der Waals surface area contributed by atoms with Crippen molar-refractivity contribution in [2.75, 3.05) is 7.11 Å². The molecule has 1 heterocycles. The van der Waals surface area contributed by atoms with E-state index in [2.05, 4.69) is 47.9 Å². The van der Waals surface area contributed by atoms with Gasteiger partial charge in [-0.05, 0) is 36.2 Å². The number of unbranched alkanes of at least 4 members (excludes halogenated alkanes) is 9. The van der Waals surface area contributed by atoms with Crippen LogP contribution in [0.3, 0.4) is 0 Å². The molecule has 0 saturated carbocycles. The highest BCUT2D eigenvalue weighted by Gasteiger charge is 2.11. The van der Waals surface area contributed by atoms with Gasteiger partial charge in [0.2, 0.25) is 0 Å². The molecular weight excluding hydrogens is 368 g/mol. The number of fused-ring (bicyclic) bond motifs is 1. The maximum atomic E-state index is 5.29. The van der Waals surface area contributed by atoms with Crippen molar-refractivity contribution in [3.63, 3.8) is 0 Å². The van der Waals surface area contributed by atoms with E-state index in [0.29, 0.717) is 0 Å². The quantitative estimate of drug-likeness (QED) is 0.258. The van der Waals surface area contributed by atoms with Crippen LogP contribution in [0, 0.1) is 0 Å². The van der Waals surface area contributed by atoms with Crippen molar-refractivity contribution in [2.24, 2.45) is 0 Å². The second-order valence-electron chi connectivity index (χ2n) is 8.38. The Morgan fingerprint density at radius 2 is 1.40 bits per heavy atom. The van der Waals surface area contributed by atoms with Gasteiger partial charge in [0.05, 0.1) is 18.1 Å². The summed E-state index contributed by atoms with van der Waals surface area (Å²) < 4.78 is 7.72. The van der Waals surface area contributed by atoms with Crippen molar-refractivity contribution >= 4 is 11.0 Å². The number of rotatable bonds is 14. The van der Waals surface area contributed by atoms with Gasteiger partial charge in [-0.1, -0.05) is 89.0 Å². The number of hydrogen-bond donors (Lipinski definition) is 0. The Bertz CT molecular complexity index is 866. The molecule has 0 saturated heterocycles. The van der Waals surface area contributed by atoms with E-state index >= 15 is 0 Å². The third-order valence-electron chi connectivity index (χ3n) is 5.99. The molecule has 162 valence electrons. The molecule has 0 aliphatic carbocycles. The van der Waals surface area contributed by atoms with E-state index in [9.17, 15) is 0 Å². The second-order valence-corrected chi connectivity index (χ2v) is 8.38. The van der Waals surface area contributed by atoms with Gasteiger partial charge in [0.25, 0.3) is 0 Å². The highest BCUT2D eigenvalue weighted by atomic mass is 16.5. The maximum Gasteiger partial charge on any atom is 0.118 e. The van der Waals surface area contributed by atoms with E-state index in [-0.39, 0.29) is 0 Å². The first-order valence-corrected chi connectivity index (χ1v) is 11.9. The lowest BCUT2D eigenvalue weighted by atomic mass is 10.1. The Balaban J connectivity index is 1.52. The molecule has 3 heteroatoms. The smallest absolute Gasteiger partial charge is 0.118 e. The van der Waals surface area contributed by atoms with Gasteiger partial charge in [0.15, 0.2) is 0 Å². The van der Waals surface area contributed by atoms with E-state index in [1.165, 1.54) is 75.3 Å². The summed E-state index contributed by atoms with van der Waals surface area (Å²) in [7, 11) is 1.71. The number of hydrogen-bond acceptors (Lipinski definition) is 2. The van der Waals surface area contributed by atoms with Crippen LogP contribution in [-0.4, -0.2) is 16.7 Å². The summed E-state index contributed by atoms with van der Waals surface area (Å²) in [6.45, 7) is 3.34. The van der Waals surface area contributed by atoms with Crippen molar-refractivity contribution in [3.8, 4) is 5.75 Å². The average molecular weight is 407 g/mol. The third-order valence-corrected chi connectivity index (χ3v) is 5.99. The van der Waals surface area contributed by atoms with Crippen molar-refractivity contribution in [2.45, 2.75) is 84.1 Å². The van der Waals surface area contributed by atoms with Gasteiger partial charge in [-0.15, -0.1) is 0 Å². The van der Waals surface area contributed by atoms with Crippen LogP contribution >= 0.6 is 0 Å². The Kier molecular flexibility index (Phi) is 9.27. The summed E-state index contributed by atoms with van der Waals surface area (Å²) >= 11 is 0. The lowest BCUT2D eigenvalue weighted by Crippen LogP contribution is -2.05. The minimum atomic E-state index is 0.858. The monoisotopic (exact) mass is 406 g/mol. The van der Waals surface area contributed by atoms with Gasteiger partial charge in [-0.2, -0.15) is 0 Å². The van der Waals surface area contributed by atoms with Crippen molar-refractivity contribution in [1.29, 1.82) is 0 Å². The zero-order valence-electron chi connectivity index (χ0n) is 18.9. The lowest BCUT2D eigenvalue weighted by Gasteiger charge is -2.10. The number of aryl methyl sites for hydroxylation is 1. The fourth-order valence-electron chi connectivity index (χ4n) is 4.19. The molecule has 0 aliphatic heterocycles. The second kappa shape index (κ2) is 12.4. The summed E-state index contributed by atoms with van der Waals surface area (Å²) in [6.07, 6.45) is 14.5. The molecule has 3 rings (SSSR count). The predicted molar refractivity (Wildman–Crippen MR) is 127 cm³/mol. The summed E-state index contributed by atoms with van der Waals surface area (Å²) in [5.41, 5.74) is 3.64. The van der Waals surface area contributed by atoms with Crippen LogP contribution in [0.15, 0.2) is 48.5 Å². The fraction of sp³-hybridized carbons (Fsp3) is 0.519. The predicted octanol–water partition coefficient (Wildman–Crippen LogP) is 7.56. The molecule has 2 aromatic carbocycles. The molecule has 0 spiro atoms. The van der Waals surface area contributed by atoms with Crippen LogP contribution in [0.4, 0.5) is 0 Å². The highest BCUT2D eigenvalue weighted by molar-refractivity contribution is 5.76. The van der Waals surface area contributed by atoms with Crippen molar-refractivity contribution < 1.29 is 4.74 Å². The average Bonchev–Trinajstić information content (AvgIpc) is 3.12. The van der Waals surface area contributed by atoms with Gasteiger partial charge in [0.1, 0.15) is 11.6 Å². The van der Waals surface area contributed by atoms with Gasteiger partial charge in [-0.25, -0.2) is 4.98 Å². The third kappa shape index (κ3) is 6.62. The lowest BCUT2D eigenvalue weighted by molar-refractivity contribution is 0.414.